The van der Waals surface area contributed by atoms with Gasteiger partial charge in [0.25, 0.3) is 5.91 Å². The molecule has 0 bridgehead atoms. The Morgan fingerprint density at radius 1 is 1.12 bits per heavy atom. The standard InChI is InChI=1S/C18H17ClN2O3/c1-10-6-15(17(24-3)9-13(10)19)21-18(22)16-8-11-7-12(23-2)4-5-14(11)20-16/h4-9,20H,1-3H3,(H,21,22). The molecule has 2 N–H and O–H groups in total. The lowest BCUT2D eigenvalue weighted by atomic mass is 10.2. The molecule has 0 fully saturated rings. The summed E-state index contributed by atoms with van der Waals surface area (Å²) in [6.45, 7) is 1.87. The molecule has 0 aliphatic carbocycles. The average molecular weight is 345 g/mol. The predicted molar refractivity (Wildman–Crippen MR) is 95.5 cm³/mol. The monoisotopic (exact) mass is 344 g/mol. The first-order valence-electron chi connectivity index (χ1n) is 7.34. The molecule has 3 aromatic rings. The van der Waals surface area contributed by atoms with Gasteiger partial charge in [-0.25, -0.2) is 0 Å². The zero-order valence-electron chi connectivity index (χ0n) is 13.6. The van der Waals surface area contributed by atoms with Crippen molar-refractivity contribution in [3.63, 3.8) is 0 Å². The molecule has 0 saturated carbocycles. The molecular weight excluding hydrogens is 328 g/mol. The molecule has 0 saturated heterocycles. The third kappa shape index (κ3) is 3.03. The van der Waals surface area contributed by atoms with Crippen LogP contribution < -0.4 is 14.8 Å². The van der Waals surface area contributed by atoms with Gasteiger partial charge in [0.1, 0.15) is 17.2 Å². The minimum atomic E-state index is -0.259. The number of halogens is 1. The Morgan fingerprint density at radius 2 is 1.92 bits per heavy atom. The third-order valence-corrected chi connectivity index (χ3v) is 4.21. The molecule has 0 atom stereocenters. The van der Waals surface area contributed by atoms with E-state index < -0.39 is 0 Å². The summed E-state index contributed by atoms with van der Waals surface area (Å²) in [7, 11) is 3.14. The zero-order valence-corrected chi connectivity index (χ0v) is 14.3. The van der Waals surface area contributed by atoms with E-state index in [2.05, 4.69) is 10.3 Å². The molecule has 1 heterocycles. The van der Waals surface area contributed by atoms with E-state index in [1.54, 1.807) is 25.3 Å². The molecule has 1 amide bonds. The van der Waals surface area contributed by atoms with Crippen molar-refractivity contribution in [3.05, 3.63) is 52.7 Å². The summed E-state index contributed by atoms with van der Waals surface area (Å²) < 4.78 is 10.5. The van der Waals surface area contributed by atoms with Gasteiger partial charge in [-0.2, -0.15) is 0 Å². The molecular formula is C18H17ClN2O3. The number of carbonyl (C=O) groups excluding carboxylic acids is 1. The lowest BCUT2D eigenvalue weighted by Crippen LogP contribution is -2.13. The quantitative estimate of drug-likeness (QED) is 0.737. The fourth-order valence-corrected chi connectivity index (χ4v) is 2.63. The molecule has 1 aromatic heterocycles. The van der Waals surface area contributed by atoms with Gasteiger partial charge in [0, 0.05) is 22.0 Å². The number of aryl methyl sites for hydroxylation is 1. The van der Waals surface area contributed by atoms with Crippen LogP contribution in [0.25, 0.3) is 10.9 Å². The zero-order chi connectivity index (χ0) is 17.3. The summed E-state index contributed by atoms with van der Waals surface area (Å²) in [5.74, 6) is 0.991. The van der Waals surface area contributed by atoms with Gasteiger partial charge >= 0.3 is 0 Å². The first-order chi connectivity index (χ1) is 11.5. The van der Waals surface area contributed by atoms with Crippen molar-refractivity contribution in [2.75, 3.05) is 19.5 Å². The number of methoxy groups -OCH3 is 2. The molecule has 0 unspecified atom stereocenters. The number of ether oxygens (including phenoxy) is 2. The Hall–Kier alpha value is -2.66. The Kier molecular flexibility index (Phi) is 4.36. The van der Waals surface area contributed by atoms with Crippen LogP contribution >= 0.6 is 11.6 Å². The first kappa shape index (κ1) is 16.2. The maximum Gasteiger partial charge on any atom is 0.272 e. The minimum Gasteiger partial charge on any atom is -0.497 e. The number of fused-ring (bicyclic) bond motifs is 1. The van der Waals surface area contributed by atoms with E-state index in [4.69, 9.17) is 21.1 Å². The number of H-pyrrole nitrogens is 1. The third-order valence-electron chi connectivity index (χ3n) is 3.80. The summed E-state index contributed by atoms with van der Waals surface area (Å²) in [6, 6.07) is 10.8. The van der Waals surface area contributed by atoms with E-state index in [-0.39, 0.29) is 5.91 Å². The molecule has 2 aromatic carbocycles. The maximum atomic E-state index is 12.5. The Labute approximate surface area is 144 Å². The van der Waals surface area contributed by atoms with Crippen LogP contribution in [0.1, 0.15) is 16.1 Å². The van der Waals surface area contributed by atoms with Crippen LogP contribution in [-0.2, 0) is 0 Å². The highest BCUT2D eigenvalue weighted by molar-refractivity contribution is 6.31. The second-order valence-corrected chi connectivity index (χ2v) is 5.80. The Balaban J connectivity index is 1.91. The second kappa shape index (κ2) is 6.45. The largest absolute Gasteiger partial charge is 0.497 e. The van der Waals surface area contributed by atoms with Crippen molar-refractivity contribution >= 4 is 34.1 Å². The summed E-state index contributed by atoms with van der Waals surface area (Å²) in [6.07, 6.45) is 0. The molecule has 0 radical (unpaired) electrons. The van der Waals surface area contributed by atoms with Gasteiger partial charge in [0.2, 0.25) is 0 Å². The lowest BCUT2D eigenvalue weighted by molar-refractivity contribution is 0.102. The van der Waals surface area contributed by atoms with E-state index in [1.807, 2.05) is 25.1 Å². The van der Waals surface area contributed by atoms with Gasteiger partial charge in [-0.1, -0.05) is 11.6 Å². The van der Waals surface area contributed by atoms with E-state index >= 15 is 0 Å². The molecule has 0 spiro atoms. The van der Waals surface area contributed by atoms with Crippen molar-refractivity contribution in [2.24, 2.45) is 0 Å². The molecule has 0 aliphatic heterocycles. The smallest absolute Gasteiger partial charge is 0.272 e. The predicted octanol–water partition coefficient (Wildman–Crippen LogP) is 4.40. The molecule has 124 valence electrons. The van der Waals surface area contributed by atoms with Gasteiger partial charge in [-0.3, -0.25) is 4.79 Å². The SMILES string of the molecule is COc1ccc2[nH]c(C(=O)Nc3cc(C)c(Cl)cc3OC)cc2c1. The van der Waals surface area contributed by atoms with Crippen molar-refractivity contribution in [1.82, 2.24) is 4.98 Å². The first-order valence-corrected chi connectivity index (χ1v) is 7.72. The number of aromatic amines is 1. The number of benzene rings is 2. The lowest BCUT2D eigenvalue weighted by Gasteiger charge is -2.11. The van der Waals surface area contributed by atoms with Gasteiger partial charge in [0.15, 0.2) is 0 Å². The number of carbonyl (C=O) groups is 1. The number of aromatic nitrogens is 1. The molecule has 0 aliphatic rings. The summed E-state index contributed by atoms with van der Waals surface area (Å²) in [4.78, 5) is 15.6. The molecule has 3 rings (SSSR count). The minimum absolute atomic E-state index is 0.259. The van der Waals surface area contributed by atoms with Crippen LogP contribution in [-0.4, -0.2) is 25.1 Å². The summed E-state index contributed by atoms with van der Waals surface area (Å²) in [5.41, 5.74) is 2.74. The second-order valence-electron chi connectivity index (χ2n) is 5.39. The van der Waals surface area contributed by atoms with E-state index in [9.17, 15) is 4.79 Å². The summed E-state index contributed by atoms with van der Waals surface area (Å²) in [5, 5.41) is 4.34. The van der Waals surface area contributed by atoms with Crippen molar-refractivity contribution in [3.8, 4) is 11.5 Å². The van der Waals surface area contributed by atoms with Gasteiger partial charge < -0.3 is 19.8 Å². The average Bonchev–Trinajstić information content (AvgIpc) is 3.01. The van der Waals surface area contributed by atoms with Gasteiger partial charge in [0.05, 0.1) is 19.9 Å². The number of hydrogen-bond donors (Lipinski definition) is 2. The van der Waals surface area contributed by atoms with Gasteiger partial charge in [-0.05, 0) is 42.8 Å². The Bertz CT molecular complexity index is 918. The molecule has 24 heavy (non-hydrogen) atoms. The number of nitrogens with one attached hydrogen (secondary N) is 2. The van der Waals surface area contributed by atoms with Crippen molar-refractivity contribution < 1.29 is 14.3 Å². The topological polar surface area (TPSA) is 63.4 Å². The molecule has 6 heteroatoms. The van der Waals surface area contributed by atoms with Crippen LogP contribution in [0.15, 0.2) is 36.4 Å². The van der Waals surface area contributed by atoms with Crippen LogP contribution in [0.3, 0.4) is 0 Å². The fourth-order valence-electron chi connectivity index (χ4n) is 2.48. The fraction of sp³-hybridized carbons (Fsp3) is 0.167. The van der Waals surface area contributed by atoms with Crippen LogP contribution in [0, 0.1) is 6.92 Å². The number of anilines is 1. The van der Waals surface area contributed by atoms with E-state index in [1.165, 1.54) is 7.11 Å². The highest BCUT2D eigenvalue weighted by atomic mass is 35.5. The normalized spacial score (nSPS) is 10.7. The number of hydrogen-bond acceptors (Lipinski definition) is 3. The van der Waals surface area contributed by atoms with Crippen molar-refractivity contribution in [1.29, 1.82) is 0 Å². The number of amides is 1. The van der Waals surface area contributed by atoms with E-state index in [0.29, 0.717) is 22.2 Å². The Morgan fingerprint density at radius 3 is 2.62 bits per heavy atom. The van der Waals surface area contributed by atoms with Gasteiger partial charge in [-0.15, -0.1) is 0 Å². The highest BCUT2D eigenvalue weighted by Gasteiger charge is 2.14. The van der Waals surface area contributed by atoms with Crippen molar-refractivity contribution in [2.45, 2.75) is 6.92 Å². The number of rotatable bonds is 4. The van der Waals surface area contributed by atoms with Crippen LogP contribution in [0.2, 0.25) is 5.02 Å². The van der Waals surface area contributed by atoms with E-state index in [0.717, 1.165) is 22.2 Å². The highest BCUT2D eigenvalue weighted by Crippen LogP contribution is 2.31. The summed E-state index contributed by atoms with van der Waals surface area (Å²) >= 11 is 6.09. The maximum absolute atomic E-state index is 12.5. The van der Waals surface area contributed by atoms with Crippen LogP contribution in [0.4, 0.5) is 5.69 Å². The van der Waals surface area contributed by atoms with Crippen LogP contribution in [0.5, 0.6) is 11.5 Å². The molecule has 5 nitrogen and oxygen atoms in total.